The second kappa shape index (κ2) is 6.30. The summed E-state index contributed by atoms with van der Waals surface area (Å²) in [5.41, 5.74) is -0.518. The summed E-state index contributed by atoms with van der Waals surface area (Å²) in [5.74, 6) is 0. The molecule has 1 spiro atoms. The Morgan fingerprint density at radius 1 is 1.05 bits per heavy atom. The first-order valence-electron chi connectivity index (χ1n) is 8.37. The van der Waals surface area contributed by atoms with Crippen LogP contribution >= 0.6 is 0 Å². The molecule has 2 atom stereocenters. The van der Waals surface area contributed by atoms with Gasteiger partial charge in [-0.3, -0.25) is 0 Å². The Bertz CT molecular complexity index is 307. The summed E-state index contributed by atoms with van der Waals surface area (Å²) < 4.78 is 11.5. The zero-order chi connectivity index (χ0) is 13.9. The molecule has 2 aliphatic heterocycles. The largest absolute Gasteiger partial charge is 0.389 e. The first kappa shape index (κ1) is 14.8. The van der Waals surface area contributed by atoms with Crippen LogP contribution in [0.25, 0.3) is 0 Å². The molecule has 116 valence electrons. The van der Waals surface area contributed by atoms with Crippen molar-refractivity contribution in [2.75, 3.05) is 26.4 Å². The van der Waals surface area contributed by atoms with Crippen molar-refractivity contribution in [3.8, 4) is 0 Å². The van der Waals surface area contributed by atoms with Crippen LogP contribution in [0.3, 0.4) is 0 Å². The number of ether oxygens (including phenoxy) is 2. The maximum atomic E-state index is 10.7. The first-order valence-corrected chi connectivity index (χ1v) is 8.37. The first-order chi connectivity index (χ1) is 9.70. The number of rotatable bonds is 3. The van der Waals surface area contributed by atoms with E-state index in [1.165, 1.54) is 25.7 Å². The van der Waals surface area contributed by atoms with Crippen LogP contribution in [0.5, 0.6) is 0 Å². The minimum absolute atomic E-state index is 0.0397. The fraction of sp³-hybridized carbons (Fsp3) is 1.00. The summed E-state index contributed by atoms with van der Waals surface area (Å²) in [6.45, 7) is 3.14. The minimum Gasteiger partial charge on any atom is -0.389 e. The molecule has 2 saturated heterocycles. The van der Waals surface area contributed by atoms with Gasteiger partial charge in [0.15, 0.2) is 0 Å². The van der Waals surface area contributed by atoms with Crippen LogP contribution in [-0.4, -0.2) is 48.7 Å². The highest BCUT2D eigenvalue weighted by Crippen LogP contribution is 2.33. The standard InChI is InChI=1S/C16H29NO3/c18-15(6-3-1-2-4-7-15)12-17-14-5-9-20-16(11-14)8-10-19-13-16/h14,17-18H,1-13H2. The van der Waals surface area contributed by atoms with Gasteiger partial charge in [0, 0.05) is 32.2 Å². The molecule has 1 saturated carbocycles. The predicted octanol–water partition coefficient (Wildman–Crippen LogP) is 2.00. The van der Waals surface area contributed by atoms with Gasteiger partial charge >= 0.3 is 0 Å². The Balaban J connectivity index is 1.50. The second-order valence-electron chi connectivity index (χ2n) is 7.04. The Labute approximate surface area is 122 Å². The minimum atomic E-state index is -0.478. The van der Waals surface area contributed by atoms with Gasteiger partial charge in [0.25, 0.3) is 0 Å². The third-order valence-corrected chi connectivity index (χ3v) is 5.31. The number of aliphatic hydroxyl groups is 1. The molecule has 3 fully saturated rings. The summed E-state index contributed by atoms with van der Waals surface area (Å²) in [4.78, 5) is 0. The number of nitrogens with one attached hydrogen (secondary N) is 1. The maximum absolute atomic E-state index is 10.7. The van der Waals surface area contributed by atoms with Crippen LogP contribution in [0.15, 0.2) is 0 Å². The molecule has 20 heavy (non-hydrogen) atoms. The highest BCUT2D eigenvalue weighted by molar-refractivity contribution is 4.94. The molecule has 0 aromatic carbocycles. The van der Waals surface area contributed by atoms with Crippen LogP contribution in [0.1, 0.15) is 57.8 Å². The van der Waals surface area contributed by atoms with Crippen molar-refractivity contribution < 1.29 is 14.6 Å². The van der Waals surface area contributed by atoms with E-state index in [0.717, 1.165) is 58.5 Å². The van der Waals surface area contributed by atoms with Crippen molar-refractivity contribution in [3.63, 3.8) is 0 Å². The lowest BCUT2D eigenvalue weighted by Crippen LogP contribution is -2.51. The molecule has 0 bridgehead atoms. The van der Waals surface area contributed by atoms with Gasteiger partial charge in [-0.25, -0.2) is 0 Å². The van der Waals surface area contributed by atoms with Crippen LogP contribution in [0.2, 0.25) is 0 Å². The van der Waals surface area contributed by atoms with E-state index in [-0.39, 0.29) is 5.60 Å². The van der Waals surface area contributed by atoms with Gasteiger partial charge in [0.2, 0.25) is 0 Å². The summed E-state index contributed by atoms with van der Waals surface area (Å²) in [7, 11) is 0. The molecule has 4 nitrogen and oxygen atoms in total. The van der Waals surface area contributed by atoms with Crippen molar-refractivity contribution in [2.24, 2.45) is 0 Å². The van der Waals surface area contributed by atoms with Gasteiger partial charge in [0.1, 0.15) is 0 Å². The van der Waals surface area contributed by atoms with E-state index in [1.807, 2.05) is 0 Å². The Hall–Kier alpha value is -0.160. The summed E-state index contributed by atoms with van der Waals surface area (Å²) in [5, 5.41) is 14.3. The fourth-order valence-corrected chi connectivity index (χ4v) is 3.96. The van der Waals surface area contributed by atoms with E-state index in [1.54, 1.807) is 0 Å². The fourth-order valence-electron chi connectivity index (χ4n) is 3.96. The van der Waals surface area contributed by atoms with Crippen molar-refractivity contribution in [1.82, 2.24) is 5.32 Å². The molecule has 0 amide bonds. The van der Waals surface area contributed by atoms with Crippen LogP contribution in [0, 0.1) is 0 Å². The van der Waals surface area contributed by atoms with Crippen molar-refractivity contribution >= 4 is 0 Å². The molecule has 2 heterocycles. The lowest BCUT2D eigenvalue weighted by molar-refractivity contribution is -0.0918. The molecular formula is C16H29NO3. The Kier molecular flexibility index (Phi) is 4.65. The van der Waals surface area contributed by atoms with E-state index in [0.29, 0.717) is 6.04 Å². The number of hydrogen-bond acceptors (Lipinski definition) is 4. The van der Waals surface area contributed by atoms with E-state index in [9.17, 15) is 5.11 Å². The van der Waals surface area contributed by atoms with Gasteiger partial charge in [-0.15, -0.1) is 0 Å². The highest BCUT2D eigenvalue weighted by Gasteiger charge is 2.41. The Morgan fingerprint density at radius 2 is 1.85 bits per heavy atom. The monoisotopic (exact) mass is 283 g/mol. The molecule has 3 aliphatic rings. The zero-order valence-electron chi connectivity index (χ0n) is 12.5. The normalized spacial score (nSPS) is 38.0. The molecule has 4 heteroatoms. The SMILES string of the molecule is OC1(CNC2CCOC3(CCOC3)C2)CCCCCC1. The molecule has 3 rings (SSSR count). The van der Waals surface area contributed by atoms with Gasteiger partial charge in [-0.05, 0) is 25.7 Å². The number of hydrogen-bond donors (Lipinski definition) is 2. The third kappa shape index (κ3) is 3.53. The smallest absolute Gasteiger partial charge is 0.0951 e. The van der Waals surface area contributed by atoms with E-state index in [2.05, 4.69) is 5.32 Å². The Morgan fingerprint density at radius 3 is 2.55 bits per heavy atom. The van der Waals surface area contributed by atoms with E-state index < -0.39 is 5.60 Å². The van der Waals surface area contributed by atoms with Crippen LogP contribution in [-0.2, 0) is 9.47 Å². The highest BCUT2D eigenvalue weighted by atomic mass is 16.6. The topological polar surface area (TPSA) is 50.7 Å². The summed E-state index contributed by atoms with van der Waals surface area (Å²) in [6.07, 6.45) is 9.92. The quantitative estimate of drug-likeness (QED) is 0.778. The van der Waals surface area contributed by atoms with E-state index >= 15 is 0 Å². The molecule has 1 aliphatic carbocycles. The lowest BCUT2D eigenvalue weighted by atomic mass is 9.88. The molecule has 0 aromatic heterocycles. The third-order valence-electron chi connectivity index (χ3n) is 5.31. The maximum Gasteiger partial charge on any atom is 0.0951 e. The molecular weight excluding hydrogens is 254 g/mol. The summed E-state index contributed by atoms with van der Waals surface area (Å²) in [6, 6.07) is 0.470. The van der Waals surface area contributed by atoms with E-state index in [4.69, 9.17) is 9.47 Å². The zero-order valence-corrected chi connectivity index (χ0v) is 12.5. The lowest BCUT2D eigenvalue weighted by Gasteiger charge is -2.39. The van der Waals surface area contributed by atoms with Gasteiger partial charge < -0.3 is 19.9 Å². The van der Waals surface area contributed by atoms with Gasteiger partial charge in [-0.1, -0.05) is 25.7 Å². The molecule has 2 N–H and O–H groups in total. The van der Waals surface area contributed by atoms with Gasteiger partial charge in [0.05, 0.1) is 17.8 Å². The van der Waals surface area contributed by atoms with Crippen molar-refractivity contribution in [3.05, 3.63) is 0 Å². The van der Waals surface area contributed by atoms with Crippen LogP contribution in [0.4, 0.5) is 0 Å². The molecule has 0 radical (unpaired) electrons. The van der Waals surface area contributed by atoms with Gasteiger partial charge in [-0.2, -0.15) is 0 Å². The summed E-state index contributed by atoms with van der Waals surface area (Å²) >= 11 is 0. The van der Waals surface area contributed by atoms with Crippen molar-refractivity contribution in [2.45, 2.75) is 75.0 Å². The molecule has 0 aromatic rings. The second-order valence-corrected chi connectivity index (χ2v) is 7.04. The predicted molar refractivity (Wildman–Crippen MR) is 77.8 cm³/mol. The average molecular weight is 283 g/mol. The average Bonchev–Trinajstić information content (AvgIpc) is 2.77. The molecule has 2 unspecified atom stereocenters. The van der Waals surface area contributed by atoms with Crippen molar-refractivity contribution in [1.29, 1.82) is 0 Å². The van der Waals surface area contributed by atoms with Crippen LogP contribution < -0.4 is 5.32 Å².